The second kappa shape index (κ2) is 15.4. The lowest BCUT2D eigenvalue weighted by Gasteiger charge is -2.26. The number of nitrogens with one attached hydrogen (secondary N) is 1. The molecule has 0 spiro atoms. The highest BCUT2D eigenvalue weighted by atomic mass is 31.1. The smallest absolute Gasteiger partial charge is 0.0284 e. The van der Waals surface area contributed by atoms with E-state index in [9.17, 15) is 0 Å². The van der Waals surface area contributed by atoms with Gasteiger partial charge in [0.2, 0.25) is 0 Å². The Bertz CT molecular complexity index is 688. The zero-order valence-corrected chi connectivity index (χ0v) is 21.1. The first-order valence-corrected chi connectivity index (χ1v) is 13.5. The quantitative estimate of drug-likeness (QED) is 0.264. The van der Waals surface area contributed by atoms with Gasteiger partial charge in [0.05, 0.1) is 0 Å². The third-order valence-corrected chi connectivity index (χ3v) is 7.97. The van der Waals surface area contributed by atoms with Gasteiger partial charge in [-0.2, -0.15) is 0 Å². The van der Waals surface area contributed by atoms with Crippen LogP contribution in [0, 0.1) is 12.8 Å². The molecule has 2 aromatic rings. The summed E-state index contributed by atoms with van der Waals surface area (Å²) < 4.78 is 0. The number of aryl methyl sites for hydroxylation is 1. The summed E-state index contributed by atoms with van der Waals surface area (Å²) in [4.78, 5) is 0. The molecule has 2 aromatic carbocycles. The molecule has 2 unspecified atom stereocenters. The number of hydrogen-bond acceptors (Lipinski definition) is 1. The molecule has 0 bridgehead atoms. The van der Waals surface area contributed by atoms with E-state index in [-0.39, 0.29) is 8.07 Å². The zero-order valence-electron chi connectivity index (χ0n) is 20.2. The summed E-state index contributed by atoms with van der Waals surface area (Å²) >= 11 is 0. The largest absolute Gasteiger partial charge is 0.289 e. The van der Waals surface area contributed by atoms with E-state index in [4.69, 9.17) is 0 Å². The predicted molar refractivity (Wildman–Crippen MR) is 138 cm³/mol. The van der Waals surface area contributed by atoms with E-state index >= 15 is 0 Å². The van der Waals surface area contributed by atoms with Gasteiger partial charge in [-0.05, 0) is 51.8 Å². The third kappa shape index (κ3) is 10.1. The molecule has 0 saturated heterocycles. The molecule has 0 aliphatic carbocycles. The minimum absolute atomic E-state index is 0.339. The van der Waals surface area contributed by atoms with Gasteiger partial charge in [-0.25, -0.2) is 0 Å². The van der Waals surface area contributed by atoms with Crippen LogP contribution < -0.4 is 5.09 Å². The van der Waals surface area contributed by atoms with Crippen LogP contribution in [0.4, 0.5) is 0 Å². The molecule has 0 saturated carbocycles. The number of rotatable bonds is 12. The van der Waals surface area contributed by atoms with Crippen molar-refractivity contribution in [2.24, 2.45) is 5.92 Å². The lowest BCUT2D eigenvalue weighted by Crippen LogP contribution is -2.24. The zero-order chi connectivity index (χ0) is 22.4. The standard InChI is InChI=1S/C26H38NP.C2H6/c1-6-24(7-2)18-15-22(4)23(5)27-28(19-25-11-9-8-10-12-25)20-26-16-13-21(3)14-17-26;1-2/h8-14,16-17,23-24,27H,4,6-7,15,18-20H2,1-3,5H3;1-2H3. The van der Waals surface area contributed by atoms with E-state index in [1.165, 1.54) is 41.5 Å². The highest BCUT2D eigenvalue weighted by molar-refractivity contribution is 7.53. The molecule has 1 N–H and O–H groups in total. The molecule has 2 rings (SSSR count). The SMILES string of the molecule is C=C(CCC(CC)CC)C(C)NP(Cc1ccccc1)Cc1ccc(C)cc1.CC. The summed E-state index contributed by atoms with van der Waals surface area (Å²) in [6.45, 7) is 17.5. The van der Waals surface area contributed by atoms with Crippen LogP contribution in [0.25, 0.3) is 0 Å². The molecule has 2 atom stereocenters. The maximum atomic E-state index is 4.42. The van der Waals surface area contributed by atoms with E-state index in [1.54, 1.807) is 0 Å². The van der Waals surface area contributed by atoms with Crippen LogP contribution in [-0.4, -0.2) is 6.04 Å². The minimum Gasteiger partial charge on any atom is -0.289 e. The molecule has 0 amide bonds. The number of benzene rings is 2. The van der Waals surface area contributed by atoms with E-state index in [0.29, 0.717) is 6.04 Å². The minimum atomic E-state index is -0.339. The summed E-state index contributed by atoms with van der Waals surface area (Å²) in [6, 6.07) is 20.3. The molecule has 0 radical (unpaired) electrons. The van der Waals surface area contributed by atoms with Crippen molar-refractivity contribution in [3.05, 3.63) is 83.4 Å². The Morgan fingerprint density at radius 2 is 1.43 bits per heavy atom. The van der Waals surface area contributed by atoms with Gasteiger partial charge in [0.1, 0.15) is 0 Å². The Hall–Kier alpha value is -1.43. The van der Waals surface area contributed by atoms with Crippen LogP contribution in [0.15, 0.2) is 66.7 Å². The molecule has 0 heterocycles. The molecule has 0 aliphatic rings. The average molecular weight is 426 g/mol. The normalized spacial score (nSPS) is 12.8. The summed E-state index contributed by atoms with van der Waals surface area (Å²) in [5.41, 5.74) is 5.53. The molecule has 30 heavy (non-hydrogen) atoms. The Labute approximate surface area is 188 Å². The van der Waals surface area contributed by atoms with Gasteiger partial charge in [-0.15, -0.1) is 0 Å². The van der Waals surface area contributed by atoms with Crippen molar-refractivity contribution >= 4 is 8.07 Å². The average Bonchev–Trinajstić information content (AvgIpc) is 2.78. The Morgan fingerprint density at radius 3 is 1.97 bits per heavy atom. The molecule has 0 fully saturated rings. The third-order valence-electron chi connectivity index (χ3n) is 5.73. The second-order valence-corrected chi connectivity index (χ2v) is 10.0. The lowest BCUT2D eigenvalue weighted by molar-refractivity contribution is 0.450. The molecular weight excluding hydrogens is 381 g/mol. The first-order chi connectivity index (χ1) is 14.5. The van der Waals surface area contributed by atoms with Gasteiger partial charge in [-0.1, -0.05) is 113 Å². The molecular formula is C28H44NP. The first kappa shape index (κ1) is 26.6. The molecule has 0 aromatic heterocycles. The first-order valence-electron chi connectivity index (χ1n) is 11.8. The summed E-state index contributed by atoms with van der Waals surface area (Å²) in [5.74, 6) is 0.835. The molecule has 0 aliphatic heterocycles. The maximum Gasteiger partial charge on any atom is 0.0284 e. The van der Waals surface area contributed by atoms with Crippen molar-refractivity contribution in [1.29, 1.82) is 0 Å². The van der Waals surface area contributed by atoms with Crippen LogP contribution in [0.1, 0.15) is 77.0 Å². The Morgan fingerprint density at radius 1 is 0.900 bits per heavy atom. The van der Waals surface area contributed by atoms with Crippen molar-refractivity contribution < 1.29 is 0 Å². The van der Waals surface area contributed by atoms with Crippen LogP contribution in [0.3, 0.4) is 0 Å². The topological polar surface area (TPSA) is 12.0 Å². The Kier molecular flexibility index (Phi) is 13.6. The van der Waals surface area contributed by atoms with E-state index in [1.807, 2.05) is 13.8 Å². The molecule has 166 valence electrons. The lowest BCUT2D eigenvalue weighted by atomic mass is 9.94. The van der Waals surface area contributed by atoms with E-state index in [2.05, 4.69) is 94.0 Å². The summed E-state index contributed by atoms with van der Waals surface area (Å²) in [5, 5.41) is 3.95. The fourth-order valence-electron chi connectivity index (χ4n) is 3.53. The highest BCUT2D eigenvalue weighted by Crippen LogP contribution is 2.40. The molecule has 1 nitrogen and oxygen atoms in total. The van der Waals surface area contributed by atoms with Crippen LogP contribution in [0.2, 0.25) is 0 Å². The summed E-state index contributed by atoms with van der Waals surface area (Å²) in [7, 11) is -0.339. The van der Waals surface area contributed by atoms with Gasteiger partial charge in [-0.3, -0.25) is 5.09 Å². The fraction of sp³-hybridized carbons (Fsp3) is 0.500. The van der Waals surface area contributed by atoms with E-state index < -0.39 is 0 Å². The van der Waals surface area contributed by atoms with Crippen molar-refractivity contribution in [2.75, 3.05) is 0 Å². The predicted octanol–water partition coefficient (Wildman–Crippen LogP) is 8.87. The van der Waals surface area contributed by atoms with Gasteiger partial charge in [0.25, 0.3) is 0 Å². The summed E-state index contributed by atoms with van der Waals surface area (Å²) in [6.07, 6.45) is 7.17. The van der Waals surface area contributed by atoms with Crippen molar-refractivity contribution in [1.82, 2.24) is 5.09 Å². The van der Waals surface area contributed by atoms with Crippen molar-refractivity contribution in [3.63, 3.8) is 0 Å². The maximum absolute atomic E-state index is 4.42. The van der Waals surface area contributed by atoms with E-state index in [0.717, 1.165) is 24.7 Å². The van der Waals surface area contributed by atoms with Gasteiger partial charge < -0.3 is 0 Å². The molecule has 2 heteroatoms. The number of hydrogen-bond donors (Lipinski definition) is 1. The van der Waals surface area contributed by atoms with Gasteiger partial charge in [0.15, 0.2) is 0 Å². The monoisotopic (exact) mass is 425 g/mol. The van der Waals surface area contributed by atoms with Gasteiger partial charge in [0, 0.05) is 18.4 Å². The van der Waals surface area contributed by atoms with Crippen LogP contribution >= 0.6 is 8.07 Å². The fourth-order valence-corrected chi connectivity index (χ4v) is 5.86. The second-order valence-electron chi connectivity index (χ2n) is 8.06. The Balaban J connectivity index is 0.00000218. The highest BCUT2D eigenvalue weighted by Gasteiger charge is 2.16. The van der Waals surface area contributed by atoms with Gasteiger partial charge >= 0.3 is 0 Å². The van der Waals surface area contributed by atoms with Crippen molar-refractivity contribution in [3.8, 4) is 0 Å². The van der Waals surface area contributed by atoms with Crippen LogP contribution in [0.5, 0.6) is 0 Å². The van der Waals surface area contributed by atoms with Crippen LogP contribution in [-0.2, 0) is 12.3 Å². The van der Waals surface area contributed by atoms with Crippen molar-refractivity contribution in [2.45, 2.75) is 85.6 Å².